The number of amides is 1. The van der Waals surface area contributed by atoms with E-state index in [4.69, 9.17) is 5.26 Å². The molecule has 0 radical (unpaired) electrons. The van der Waals surface area contributed by atoms with E-state index in [2.05, 4.69) is 16.3 Å². The molecule has 1 amide bonds. The summed E-state index contributed by atoms with van der Waals surface area (Å²) in [6.45, 7) is 2.21. The lowest BCUT2D eigenvalue weighted by Gasteiger charge is -2.24. The minimum absolute atomic E-state index is 0.0564. The van der Waals surface area contributed by atoms with Gasteiger partial charge in [0.2, 0.25) is 5.91 Å². The van der Waals surface area contributed by atoms with Crippen LogP contribution >= 0.6 is 11.8 Å². The van der Waals surface area contributed by atoms with Crippen LogP contribution in [0.5, 0.6) is 0 Å². The van der Waals surface area contributed by atoms with Crippen molar-refractivity contribution in [1.82, 2.24) is 14.6 Å². The smallest absolute Gasteiger partial charge is 0.240 e. The van der Waals surface area contributed by atoms with Crippen LogP contribution in [0, 0.1) is 11.3 Å². The molecule has 0 saturated carbocycles. The molecule has 0 unspecified atom stereocenters. The van der Waals surface area contributed by atoms with Crippen LogP contribution in [-0.2, 0) is 4.79 Å². The predicted octanol–water partition coefficient (Wildman–Crippen LogP) is 3.16. The second-order valence-electron chi connectivity index (χ2n) is 5.41. The maximum atomic E-state index is 13.0. The van der Waals surface area contributed by atoms with Crippen molar-refractivity contribution in [2.24, 2.45) is 0 Å². The van der Waals surface area contributed by atoms with Gasteiger partial charge < -0.3 is 4.90 Å². The van der Waals surface area contributed by atoms with Gasteiger partial charge in [-0.25, -0.2) is 0 Å². The first-order valence-corrected chi connectivity index (χ1v) is 8.78. The molecule has 0 spiro atoms. The third-order valence-electron chi connectivity index (χ3n) is 3.69. The van der Waals surface area contributed by atoms with E-state index in [0.717, 1.165) is 11.3 Å². The first kappa shape index (κ1) is 17.0. The second-order valence-corrected chi connectivity index (χ2v) is 6.71. The Morgan fingerprint density at radius 3 is 2.76 bits per heavy atom. The topological polar surface area (TPSA) is 74.3 Å². The molecule has 0 bridgehead atoms. The van der Waals surface area contributed by atoms with Crippen molar-refractivity contribution >= 4 is 29.0 Å². The van der Waals surface area contributed by atoms with Crippen LogP contribution in [0.4, 0.5) is 5.69 Å². The summed E-state index contributed by atoms with van der Waals surface area (Å²) < 4.78 is 1.86. The third-order valence-corrected chi connectivity index (χ3v) is 4.74. The zero-order chi connectivity index (χ0) is 17.6. The van der Waals surface area contributed by atoms with Crippen LogP contribution in [-0.4, -0.2) is 32.3 Å². The lowest BCUT2D eigenvalue weighted by Crippen LogP contribution is -2.37. The van der Waals surface area contributed by atoms with E-state index in [9.17, 15) is 4.79 Å². The number of pyridine rings is 1. The number of carbonyl (C=O) groups is 1. The van der Waals surface area contributed by atoms with Gasteiger partial charge >= 0.3 is 0 Å². The van der Waals surface area contributed by atoms with Gasteiger partial charge in [-0.15, -0.1) is 10.2 Å². The number of fused-ring (bicyclic) bond motifs is 1. The fourth-order valence-electron chi connectivity index (χ4n) is 2.46. The molecular formula is C18H17N5OS. The third kappa shape index (κ3) is 3.80. The van der Waals surface area contributed by atoms with E-state index in [1.54, 1.807) is 4.90 Å². The SMILES string of the molecule is C[C@@H](Sc1nnc2ccccn12)C(=O)N(CCC#N)c1ccccc1. The minimum atomic E-state index is -0.355. The monoisotopic (exact) mass is 351 g/mol. The van der Waals surface area contributed by atoms with Gasteiger partial charge in [0.15, 0.2) is 10.8 Å². The number of hydrogen-bond donors (Lipinski definition) is 0. The van der Waals surface area contributed by atoms with Crippen molar-refractivity contribution < 1.29 is 4.79 Å². The predicted molar refractivity (Wildman–Crippen MR) is 97.3 cm³/mol. The minimum Gasteiger partial charge on any atom is -0.310 e. The quantitative estimate of drug-likeness (QED) is 0.638. The molecule has 25 heavy (non-hydrogen) atoms. The van der Waals surface area contributed by atoms with Crippen LogP contribution < -0.4 is 4.90 Å². The molecule has 0 aliphatic heterocycles. The molecule has 0 fully saturated rings. The number of para-hydroxylation sites is 1. The fourth-order valence-corrected chi connectivity index (χ4v) is 3.36. The maximum absolute atomic E-state index is 13.0. The molecule has 2 heterocycles. The first-order chi connectivity index (χ1) is 12.2. The van der Waals surface area contributed by atoms with Gasteiger partial charge in [-0.3, -0.25) is 9.20 Å². The number of nitriles is 1. The molecule has 3 aromatic rings. The van der Waals surface area contributed by atoms with E-state index in [1.165, 1.54) is 11.8 Å². The number of nitrogens with zero attached hydrogens (tertiary/aromatic N) is 5. The van der Waals surface area contributed by atoms with Crippen molar-refractivity contribution in [1.29, 1.82) is 5.26 Å². The van der Waals surface area contributed by atoms with Crippen molar-refractivity contribution in [2.75, 3.05) is 11.4 Å². The Morgan fingerprint density at radius 1 is 1.24 bits per heavy atom. The molecule has 126 valence electrons. The van der Waals surface area contributed by atoms with Gasteiger partial charge in [-0.2, -0.15) is 5.26 Å². The number of thioether (sulfide) groups is 1. The summed E-state index contributed by atoms with van der Waals surface area (Å²) in [7, 11) is 0. The van der Waals surface area contributed by atoms with Crippen LogP contribution in [0.25, 0.3) is 5.65 Å². The average molecular weight is 351 g/mol. The van der Waals surface area contributed by atoms with E-state index in [0.29, 0.717) is 11.7 Å². The zero-order valence-electron chi connectivity index (χ0n) is 13.7. The number of rotatable bonds is 6. The normalized spacial score (nSPS) is 11.8. The molecule has 0 saturated heterocycles. The van der Waals surface area contributed by atoms with Gasteiger partial charge in [0, 0.05) is 18.4 Å². The van der Waals surface area contributed by atoms with Crippen LogP contribution in [0.2, 0.25) is 0 Å². The largest absolute Gasteiger partial charge is 0.310 e. The Labute approximate surface area is 150 Å². The summed E-state index contributed by atoms with van der Waals surface area (Å²) in [6.07, 6.45) is 2.16. The number of benzene rings is 1. The van der Waals surface area contributed by atoms with Gasteiger partial charge in [0.1, 0.15) is 0 Å². The Morgan fingerprint density at radius 2 is 2.00 bits per heavy atom. The summed E-state index contributed by atoms with van der Waals surface area (Å²) in [4.78, 5) is 14.6. The molecule has 6 nitrogen and oxygen atoms in total. The average Bonchev–Trinajstić information content (AvgIpc) is 3.06. The summed E-state index contributed by atoms with van der Waals surface area (Å²) in [5.74, 6) is -0.0564. The highest BCUT2D eigenvalue weighted by molar-refractivity contribution is 8.00. The Balaban J connectivity index is 1.80. The van der Waals surface area contributed by atoms with Crippen LogP contribution in [0.15, 0.2) is 59.9 Å². The number of aromatic nitrogens is 3. The number of hydrogen-bond acceptors (Lipinski definition) is 5. The lowest BCUT2D eigenvalue weighted by molar-refractivity contribution is -0.117. The Hall–Kier alpha value is -2.85. The van der Waals surface area contributed by atoms with E-state index >= 15 is 0 Å². The summed E-state index contributed by atoms with van der Waals surface area (Å²) in [5.41, 5.74) is 1.54. The molecule has 1 aromatic carbocycles. The zero-order valence-corrected chi connectivity index (χ0v) is 14.6. The fraction of sp³-hybridized carbons (Fsp3) is 0.222. The molecule has 0 aliphatic carbocycles. The van der Waals surface area contributed by atoms with E-state index in [1.807, 2.05) is 66.1 Å². The molecule has 2 aromatic heterocycles. The van der Waals surface area contributed by atoms with E-state index in [-0.39, 0.29) is 17.6 Å². The summed E-state index contributed by atoms with van der Waals surface area (Å²) in [6, 6.07) is 17.2. The number of anilines is 1. The molecular weight excluding hydrogens is 334 g/mol. The van der Waals surface area contributed by atoms with Gasteiger partial charge in [0.05, 0.1) is 17.7 Å². The Kier molecular flexibility index (Phi) is 5.31. The van der Waals surface area contributed by atoms with E-state index < -0.39 is 0 Å². The van der Waals surface area contributed by atoms with Crippen molar-refractivity contribution in [3.63, 3.8) is 0 Å². The van der Waals surface area contributed by atoms with Crippen molar-refractivity contribution in [3.05, 3.63) is 54.7 Å². The summed E-state index contributed by atoms with van der Waals surface area (Å²) in [5, 5.41) is 17.5. The molecule has 3 rings (SSSR count). The van der Waals surface area contributed by atoms with Gasteiger partial charge in [-0.05, 0) is 31.2 Å². The highest BCUT2D eigenvalue weighted by atomic mass is 32.2. The second kappa shape index (κ2) is 7.81. The van der Waals surface area contributed by atoms with Gasteiger partial charge in [0.25, 0.3) is 0 Å². The Bertz CT molecular complexity index is 902. The molecule has 0 aliphatic rings. The molecule has 0 N–H and O–H groups in total. The lowest BCUT2D eigenvalue weighted by atomic mass is 10.2. The highest BCUT2D eigenvalue weighted by Gasteiger charge is 2.24. The standard InChI is InChI=1S/C18H17N5OS/c1-14(25-18-21-20-16-10-5-6-12-23(16)18)17(24)22(13-7-11-19)15-8-3-2-4-9-15/h2-6,8-10,12,14H,7,13H2,1H3/t14-/m1/s1. The first-order valence-electron chi connectivity index (χ1n) is 7.90. The molecule has 1 atom stereocenters. The van der Waals surface area contributed by atoms with Crippen molar-refractivity contribution in [2.45, 2.75) is 23.8 Å². The highest BCUT2D eigenvalue weighted by Crippen LogP contribution is 2.25. The number of carbonyl (C=O) groups excluding carboxylic acids is 1. The van der Waals surface area contributed by atoms with Crippen LogP contribution in [0.1, 0.15) is 13.3 Å². The maximum Gasteiger partial charge on any atom is 0.240 e. The van der Waals surface area contributed by atoms with Gasteiger partial charge in [-0.1, -0.05) is 36.0 Å². The molecule has 7 heteroatoms. The van der Waals surface area contributed by atoms with Crippen molar-refractivity contribution in [3.8, 4) is 6.07 Å². The summed E-state index contributed by atoms with van der Waals surface area (Å²) >= 11 is 1.36. The van der Waals surface area contributed by atoms with Crippen LogP contribution in [0.3, 0.4) is 0 Å².